The summed E-state index contributed by atoms with van der Waals surface area (Å²) in [5.74, 6) is -1.38. The van der Waals surface area contributed by atoms with Gasteiger partial charge < -0.3 is 10.6 Å². The van der Waals surface area contributed by atoms with Crippen molar-refractivity contribution in [2.45, 2.75) is 24.3 Å². The normalized spacial score (nSPS) is 28.2. The molecule has 2 unspecified atom stereocenters. The Kier molecular flexibility index (Phi) is 4.04. The van der Waals surface area contributed by atoms with E-state index in [1.54, 1.807) is 4.90 Å². The number of halogens is 2. The van der Waals surface area contributed by atoms with Gasteiger partial charge in [-0.1, -0.05) is 36.4 Å². The van der Waals surface area contributed by atoms with Crippen molar-refractivity contribution in [1.29, 1.82) is 0 Å². The van der Waals surface area contributed by atoms with E-state index in [1.165, 1.54) is 12.1 Å². The molecule has 1 saturated heterocycles. The van der Waals surface area contributed by atoms with Gasteiger partial charge >= 0.3 is 0 Å². The zero-order chi connectivity index (χ0) is 17.6. The highest BCUT2D eigenvalue weighted by molar-refractivity contribution is 5.83. The van der Waals surface area contributed by atoms with Crippen molar-refractivity contribution in [2.24, 2.45) is 11.7 Å². The average molecular weight is 342 g/mol. The topological polar surface area (TPSA) is 46.3 Å². The molecule has 1 amide bonds. The number of hydrogen-bond acceptors (Lipinski definition) is 2. The third kappa shape index (κ3) is 3.04. The van der Waals surface area contributed by atoms with Crippen molar-refractivity contribution in [3.05, 3.63) is 71.3 Å². The van der Waals surface area contributed by atoms with E-state index in [0.717, 1.165) is 11.6 Å². The van der Waals surface area contributed by atoms with Crippen molar-refractivity contribution in [1.82, 2.24) is 4.90 Å². The molecule has 0 bridgehead atoms. The minimum atomic E-state index is -0.596. The number of carbonyl (C=O) groups is 1. The van der Waals surface area contributed by atoms with Crippen molar-refractivity contribution >= 4 is 5.91 Å². The van der Waals surface area contributed by atoms with Crippen molar-refractivity contribution < 1.29 is 13.6 Å². The molecule has 1 aliphatic carbocycles. The van der Waals surface area contributed by atoms with Gasteiger partial charge in [-0.15, -0.1) is 0 Å². The molecular formula is C20H20F2N2O. The monoisotopic (exact) mass is 342 g/mol. The molecule has 4 atom stereocenters. The van der Waals surface area contributed by atoms with E-state index in [4.69, 9.17) is 5.73 Å². The van der Waals surface area contributed by atoms with Crippen molar-refractivity contribution in [3.63, 3.8) is 0 Å². The number of benzene rings is 2. The summed E-state index contributed by atoms with van der Waals surface area (Å²) in [7, 11) is 0. The van der Waals surface area contributed by atoms with Gasteiger partial charge in [-0.3, -0.25) is 4.79 Å². The molecule has 2 aromatic carbocycles. The maximum atomic E-state index is 13.9. The molecule has 2 aliphatic rings. The van der Waals surface area contributed by atoms with Gasteiger partial charge in [-0.25, -0.2) is 8.78 Å². The second kappa shape index (κ2) is 6.23. The van der Waals surface area contributed by atoms with Crippen LogP contribution in [0.3, 0.4) is 0 Å². The Labute approximate surface area is 145 Å². The van der Waals surface area contributed by atoms with Gasteiger partial charge in [-0.2, -0.15) is 0 Å². The lowest BCUT2D eigenvalue weighted by Gasteiger charge is -2.16. The molecule has 5 heteroatoms. The third-order valence-electron chi connectivity index (χ3n) is 5.37. The summed E-state index contributed by atoms with van der Waals surface area (Å²) < 4.78 is 27.0. The first kappa shape index (κ1) is 16.2. The Morgan fingerprint density at radius 3 is 2.52 bits per heavy atom. The number of carbonyl (C=O) groups excluding carboxylic acids is 1. The fourth-order valence-corrected chi connectivity index (χ4v) is 3.91. The predicted molar refractivity (Wildman–Crippen MR) is 90.9 cm³/mol. The molecule has 3 nitrogen and oxygen atoms in total. The van der Waals surface area contributed by atoms with Crippen LogP contribution < -0.4 is 5.73 Å². The molecule has 0 spiro atoms. The highest BCUT2D eigenvalue weighted by Crippen LogP contribution is 2.49. The molecule has 1 aliphatic heterocycles. The smallest absolute Gasteiger partial charge is 0.226 e. The van der Waals surface area contributed by atoms with E-state index in [0.29, 0.717) is 25.1 Å². The molecule has 4 rings (SSSR count). The van der Waals surface area contributed by atoms with E-state index in [1.807, 2.05) is 30.3 Å². The Morgan fingerprint density at radius 2 is 1.80 bits per heavy atom. The van der Waals surface area contributed by atoms with Gasteiger partial charge in [0.05, 0.1) is 0 Å². The molecule has 2 aromatic rings. The minimum Gasteiger partial charge on any atom is -0.340 e. The van der Waals surface area contributed by atoms with Crippen LogP contribution in [0.1, 0.15) is 29.4 Å². The first-order valence-electron chi connectivity index (χ1n) is 8.59. The van der Waals surface area contributed by atoms with Crippen LogP contribution in [-0.4, -0.2) is 29.9 Å². The largest absolute Gasteiger partial charge is 0.340 e. The molecule has 0 radical (unpaired) electrons. The zero-order valence-electron chi connectivity index (χ0n) is 13.7. The summed E-state index contributed by atoms with van der Waals surface area (Å²) in [5.41, 5.74) is 7.82. The fourth-order valence-electron chi connectivity index (χ4n) is 3.91. The van der Waals surface area contributed by atoms with Gasteiger partial charge in [0, 0.05) is 37.0 Å². The van der Waals surface area contributed by atoms with Gasteiger partial charge in [0.15, 0.2) is 0 Å². The molecule has 130 valence electrons. The average Bonchev–Trinajstić information content (AvgIpc) is 3.29. The lowest BCUT2D eigenvalue weighted by molar-refractivity contribution is -0.131. The van der Waals surface area contributed by atoms with Crippen LogP contribution in [0, 0.1) is 17.6 Å². The van der Waals surface area contributed by atoms with Gasteiger partial charge in [0.25, 0.3) is 0 Å². The second-order valence-electron chi connectivity index (χ2n) is 7.04. The van der Waals surface area contributed by atoms with E-state index in [9.17, 15) is 13.6 Å². The molecule has 1 heterocycles. The fraction of sp³-hybridized carbons (Fsp3) is 0.350. The lowest BCUT2D eigenvalue weighted by Crippen LogP contribution is -2.33. The first-order chi connectivity index (χ1) is 12.0. The molecular weight excluding hydrogens is 322 g/mol. The van der Waals surface area contributed by atoms with Crippen LogP contribution in [0.25, 0.3) is 0 Å². The molecule has 2 N–H and O–H groups in total. The Morgan fingerprint density at radius 1 is 1.04 bits per heavy atom. The number of likely N-dealkylation sites (tertiary alicyclic amines) is 1. The number of amides is 1. The van der Waals surface area contributed by atoms with Crippen LogP contribution in [0.15, 0.2) is 48.5 Å². The van der Waals surface area contributed by atoms with Gasteiger partial charge in [0.1, 0.15) is 11.6 Å². The first-order valence-corrected chi connectivity index (χ1v) is 8.59. The maximum absolute atomic E-state index is 13.9. The number of hydrogen-bond donors (Lipinski definition) is 1. The quantitative estimate of drug-likeness (QED) is 0.932. The molecule has 25 heavy (non-hydrogen) atoms. The highest BCUT2D eigenvalue weighted by atomic mass is 19.1. The molecule has 2 fully saturated rings. The summed E-state index contributed by atoms with van der Waals surface area (Å²) in [6.45, 7) is 1.12. The summed E-state index contributed by atoms with van der Waals surface area (Å²) in [6, 6.07) is 13.5. The molecule has 1 saturated carbocycles. The van der Waals surface area contributed by atoms with Crippen LogP contribution in [0.5, 0.6) is 0 Å². The standard InChI is InChI=1S/C20H20F2N2O/c21-13-6-7-14(18(22)8-13)15-9-16(15)20(25)24-10-17(19(23)11-24)12-4-2-1-3-5-12/h1-8,15-17,19H,9-11,23H2/t15?,16?,17-,19+/m0/s1. The summed E-state index contributed by atoms with van der Waals surface area (Å²) >= 11 is 0. The number of nitrogens with two attached hydrogens (primary N) is 1. The Hall–Kier alpha value is -2.27. The predicted octanol–water partition coefficient (Wildman–Crippen LogP) is 3.02. The van der Waals surface area contributed by atoms with Crippen molar-refractivity contribution in [2.75, 3.05) is 13.1 Å². The summed E-state index contributed by atoms with van der Waals surface area (Å²) in [5, 5.41) is 0. The number of nitrogens with zero attached hydrogens (tertiary/aromatic N) is 1. The van der Waals surface area contributed by atoms with E-state index in [-0.39, 0.29) is 29.7 Å². The van der Waals surface area contributed by atoms with E-state index in [2.05, 4.69) is 0 Å². The Bertz CT molecular complexity index is 796. The van der Waals surface area contributed by atoms with Crippen LogP contribution in [0.2, 0.25) is 0 Å². The highest BCUT2D eigenvalue weighted by Gasteiger charge is 2.48. The van der Waals surface area contributed by atoms with Crippen LogP contribution in [-0.2, 0) is 4.79 Å². The van der Waals surface area contributed by atoms with Gasteiger partial charge in [0.2, 0.25) is 5.91 Å². The van der Waals surface area contributed by atoms with Crippen LogP contribution >= 0.6 is 0 Å². The van der Waals surface area contributed by atoms with Crippen molar-refractivity contribution in [3.8, 4) is 0 Å². The van der Waals surface area contributed by atoms with Crippen LogP contribution in [0.4, 0.5) is 8.78 Å². The van der Waals surface area contributed by atoms with E-state index >= 15 is 0 Å². The van der Waals surface area contributed by atoms with E-state index < -0.39 is 11.6 Å². The molecule has 0 aromatic heterocycles. The Balaban J connectivity index is 1.44. The zero-order valence-corrected chi connectivity index (χ0v) is 13.7. The number of rotatable bonds is 3. The summed E-state index contributed by atoms with van der Waals surface area (Å²) in [4.78, 5) is 14.6. The lowest BCUT2D eigenvalue weighted by atomic mass is 9.95. The maximum Gasteiger partial charge on any atom is 0.226 e. The third-order valence-corrected chi connectivity index (χ3v) is 5.37. The summed E-state index contributed by atoms with van der Waals surface area (Å²) in [6.07, 6.45) is 0.614. The second-order valence-corrected chi connectivity index (χ2v) is 7.04. The SMILES string of the molecule is N[C@@H]1CN(C(=O)C2CC2c2ccc(F)cc2F)C[C@H]1c1ccccc1. The van der Waals surface area contributed by atoms with Gasteiger partial charge in [-0.05, 0) is 29.5 Å². The minimum absolute atomic E-state index is 0.0302.